The van der Waals surface area contributed by atoms with Crippen molar-refractivity contribution in [2.24, 2.45) is 0 Å². The van der Waals surface area contributed by atoms with Gasteiger partial charge < -0.3 is 24.8 Å². The highest BCUT2D eigenvalue weighted by Crippen LogP contribution is 2.39. The molecule has 0 radical (unpaired) electrons. The molecule has 0 bridgehead atoms. The van der Waals surface area contributed by atoms with E-state index < -0.39 is 41.7 Å². The van der Waals surface area contributed by atoms with Crippen molar-refractivity contribution in [3.63, 3.8) is 0 Å². The number of carbonyl (C=O) groups is 2. The van der Waals surface area contributed by atoms with E-state index in [9.17, 15) is 27.2 Å². The highest BCUT2D eigenvalue weighted by atomic mass is 19.4. The average Bonchev–Trinajstić information content (AvgIpc) is 3.05. The third-order valence-corrected chi connectivity index (χ3v) is 4.56. The minimum atomic E-state index is -4.83. The molecular formula is C21H18F4N2O5. The number of methoxy groups -OCH3 is 1. The number of aliphatic hydroxyl groups is 1. The monoisotopic (exact) mass is 454 g/mol. The van der Waals surface area contributed by atoms with E-state index in [2.05, 4.69) is 10.1 Å². The largest absolute Gasteiger partial charge is 0.466 e. The lowest BCUT2D eigenvalue weighted by molar-refractivity contribution is -0.137. The van der Waals surface area contributed by atoms with Gasteiger partial charge in [-0.05, 0) is 42.5 Å². The molecule has 0 spiro atoms. The molecule has 3 rings (SSSR count). The van der Waals surface area contributed by atoms with Crippen LogP contribution in [-0.4, -0.2) is 48.7 Å². The van der Waals surface area contributed by atoms with E-state index in [4.69, 9.17) is 9.84 Å². The number of amides is 1. The molecule has 0 unspecified atom stereocenters. The number of nitrogens with one attached hydrogen (secondary N) is 1. The lowest BCUT2D eigenvalue weighted by Crippen LogP contribution is -2.31. The highest BCUT2D eigenvalue weighted by Gasteiger charge is 2.38. The Hall–Kier alpha value is -3.60. The van der Waals surface area contributed by atoms with Crippen LogP contribution >= 0.6 is 0 Å². The summed E-state index contributed by atoms with van der Waals surface area (Å²) in [5.41, 5.74) is -2.17. The Bertz CT molecular complexity index is 1050. The minimum Gasteiger partial charge on any atom is -0.466 e. The van der Waals surface area contributed by atoms with E-state index in [0.29, 0.717) is 0 Å². The summed E-state index contributed by atoms with van der Waals surface area (Å²) < 4.78 is 64.2. The van der Waals surface area contributed by atoms with Crippen LogP contribution in [0.4, 0.5) is 23.2 Å². The van der Waals surface area contributed by atoms with E-state index in [-0.39, 0.29) is 35.9 Å². The lowest BCUT2D eigenvalue weighted by atomic mass is 10.1. The summed E-state index contributed by atoms with van der Waals surface area (Å²) in [5.74, 6) is -2.21. The Kier molecular flexibility index (Phi) is 6.68. The second-order valence-corrected chi connectivity index (χ2v) is 6.68. The molecule has 0 saturated heterocycles. The molecule has 11 heteroatoms. The number of β-amino-alcohol motifs (C(OH)–C–C–N with tert-alkyl or cyclic N) is 1. The number of esters is 1. The first-order valence-corrected chi connectivity index (χ1v) is 9.27. The van der Waals surface area contributed by atoms with Crippen molar-refractivity contribution in [3.8, 4) is 11.5 Å². The zero-order valence-corrected chi connectivity index (χ0v) is 16.7. The molecule has 1 aliphatic heterocycles. The highest BCUT2D eigenvalue weighted by molar-refractivity contribution is 6.08. The Morgan fingerprint density at radius 2 is 1.81 bits per heavy atom. The topological polar surface area (TPSA) is 88.1 Å². The van der Waals surface area contributed by atoms with Crippen LogP contribution in [0, 0.1) is 5.82 Å². The van der Waals surface area contributed by atoms with Crippen molar-refractivity contribution in [1.82, 2.24) is 4.90 Å². The van der Waals surface area contributed by atoms with Crippen molar-refractivity contribution in [3.05, 3.63) is 65.1 Å². The lowest BCUT2D eigenvalue weighted by Gasteiger charge is -2.18. The summed E-state index contributed by atoms with van der Waals surface area (Å²) in [7, 11) is 1.08. The number of nitrogens with zero attached hydrogens (tertiary/aromatic N) is 1. The second kappa shape index (κ2) is 9.27. The molecule has 0 aromatic heterocycles. The van der Waals surface area contributed by atoms with E-state index in [1.807, 2.05) is 0 Å². The normalized spacial score (nSPS) is 14.1. The first-order valence-electron chi connectivity index (χ1n) is 9.27. The molecule has 2 aromatic carbocycles. The van der Waals surface area contributed by atoms with Gasteiger partial charge in [-0.1, -0.05) is 0 Å². The number of rotatable bonds is 7. The predicted molar refractivity (Wildman–Crippen MR) is 104 cm³/mol. The standard InChI is InChI=1S/C21H18F4N2O5/c1-31-20(30)15-11-27(8-9-28)19(29)18(15)26-17-7-6-14(10-16(17)21(23,24)25)32-13-4-2-12(22)3-5-13/h2-7,10,26,28H,8-9,11H2,1H3. The molecule has 1 aliphatic rings. The summed E-state index contributed by atoms with van der Waals surface area (Å²) in [6, 6.07) is 7.70. The molecule has 0 aliphatic carbocycles. The molecule has 0 saturated carbocycles. The number of anilines is 1. The van der Waals surface area contributed by atoms with E-state index in [0.717, 1.165) is 36.3 Å². The Morgan fingerprint density at radius 3 is 2.41 bits per heavy atom. The smallest absolute Gasteiger partial charge is 0.418 e. The molecule has 170 valence electrons. The molecule has 2 N–H and O–H groups in total. The maximum Gasteiger partial charge on any atom is 0.418 e. The third kappa shape index (κ3) is 4.99. The fraction of sp³-hybridized carbons (Fsp3) is 0.238. The maximum atomic E-state index is 13.7. The zero-order chi connectivity index (χ0) is 23.5. The van der Waals surface area contributed by atoms with Crippen molar-refractivity contribution in [2.75, 3.05) is 32.1 Å². The second-order valence-electron chi connectivity index (χ2n) is 6.68. The number of alkyl halides is 3. The van der Waals surface area contributed by atoms with E-state index in [1.54, 1.807) is 0 Å². The Morgan fingerprint density at radius 1 is 1.16 bits per heavy atom. The molecule has 0 fully saturated rings. The van der Waals surface area contributed by atoms with Crippen LogP contribution < -0.4 is 10.1 Å². The SMILES string of the molecule is COC(=O)C1=C(Nc2ccc(Oc3ccc(F)cc3)cc2C(F)(F)F)C(=O)N(CCO)C1. The number of carbonyl (C=O) groups excluding carboxylic acids is 2. The van der Waals surface area contributed by atoms with Crippen LogP contribution in [0.1, 0.15) is 5.56 Å². The van der Waals surface area contributed by atoms with Gasteiger partial charge in [-0.25, -0.2) is 9.18 Å². The molecule has 1 amide bonds. The summed E-state index contributed by atoms with van der Waals surface area (Å²) in [6.07, 6.45) is -4.83. The van der Waals surface area contributed by atoms with Crippen LogP contribution in [0.2, 0.25) is 0 Å². The Balaban J connectivity index is 1.96. The van der Waals surface area contributed by atoms with Crippen molar-refractivity contribution in [1.29, 1.82) is 0 Å². The van der Waals surface area contributed by atoms with Gasteiger partial charge >= 0.3 is 12.1 Å². The van der Waals surface area contributed by atoms with Gasteiger partial charge in [0.1, 0.15) is 23.0 Å². The van der Waals surface area contributed by atoms with Crippen LogP contribution in [0.25, 0.3) is 0 Å². The van der Waals surface area contributed by atoms with Gasteiger partial charge in [-0.3, -0.25) is 4.79 Å². The number of benzene rings is 2. The molecule has 7 nitrogen and oxygen atoms in total. The summed E-state index contributed by atoms with van der Waals surface area (Å²) in [4.78, 5) is 25.7. The number of ether oxygens (including phenoxy) is 2. The van der Waals surface area contributed by atoms with E-state index in [1.165, 1.54) is 18.2 Å². The number of hydrogen-bond donors (Lipinski definition) is 2. The number of halogens is 4. The van der Waals surface area contributed by atoms with Gasteiger partial charge in [-0.2, -0.15) is 13.2 Å². The number of hydrogen-bond acceptors (Lipinski definition) is 6. The number of aliphatic hydroxyl groups excluding tert-OH is 1. The molecule has 32 heavy (non-hydrogen) atoms. The van der Waals surface area contributed by atoms with Gasteiger partial charge in [0.25, 0.3) is 5.91 Å². The molecule has 2 aromatic rings. The van der Waals surface area contributed by atoms with Crippen LogP contribution in [0.3, 0.4) is 0 Å². The fourth-order valence-corrected chi connectivity index (χ4v) is 3.05. The zero-order valence-electron chi connectivity index (χ0n) is 16.7. The maximum absolute atomic E-state index is 13.7. The van der Waals surface area contributed by atoms with Crippen molar-refractivity contribution >= 4 is 17.6 Å². The van der Waals surface area contributed by atoms with Crippen LogP contribution in [-0.2, 0) is 20.5 Å². The van der Waals surface area contributed by atoms with Gasteiger partial charge in [-0.15, -0.1) is 0 Å². The van der Waals surface area contributed by atoms with Gasteiger partial charge in [0.2, 0.25) is 0 Å². The first kappa shape index (κ1) is 23.1. The predicted octanol–water partition coefficient (Wildman–Crippen LogP) is 3.31. The van der Waals surface area contributed by atoms with Crippen LogP contribution in [0.5, 0.6) is 11.5 Å². The molecule has 1 heterocycles. The minimum absolute atomic E-state index is 0.110. The Labute approximate surface area is 179 Å². The first-order chi connectivity index (χ1) is 15.1. The fourth-order valence-electron chi connectivity index (χ4n) is 3.05. The third-order valence-electron chi connectivity index (χ3n) is 4.56. The van der Waals surface area contributed by atoms with Gasteiger partial charge in [0.05, 0.1) is 37.1 Å². The summed E-state index contributed by atoms with van der Waals surface area (Å²) in [5, 5.41) is 11.5. The molecular weight excluding hydrogens is 436 g/mol. The van der Waals surface area contributed by atoms with Crippen molar-refractivity contribution < 1.29 is 41.7 Å². The van der Waals surface area contributed by atoms with Crippen LogP contribution in [0.15, 0.2) is 53.7 Å². The summed E-state index contributed by atoms with van der Waals surface area (Å²) >= 11 is 0. The van der Waals surface area contributed by atoms with Gasteiger partial charge in [0, 0.05) is 6.54 Å². The van der Waals surface area contributed by atoms with Crippen molar-refractivity contribution in [2.45, 2.75) is 6.18 Å². The van der Waals surface area contributed by atoms with Gasteiger partial charge in [0.15, 0.2) is 0 Å². The molecule has 0 atom stereocenters. The summed E-state index contributed by atoms with van der Waals surface area (Å²) in [6.45, 7) is -0.723. The quantitative estimate of drug-likeness (QED) is 0.493. The average molecular weight is 454 g/mol. The van der Waals surface area contributed by atoms with E-state index >= 15 is 0 Å².